The monoisotopic (exact) mass is 259 g/mol. The summed E-state index contributed by atoms with van der Waals surface area (Å²) in [6.07, 6.45) is 0. The highest BCUT2D eigenvalue weighted by Crippen LogP contribution is 2.11. The SMILES string of the molecule is CCN(C)C(=O)Cn1nc(C)c2ccccc2c1=O. The highest BCUT2D eigenvalue weighted by Gasteiger charge is 2.12. The Hall–Kier alpha value is -2.17. The first kappa shape index (κ1) is 13.3. The van der Waals surface area contributed by atoms with Crippen molar-refractivity contribution in [2.45, 2.75) is 20.4 Å². The number of benzene rings is 1. The molecular weight excluding hydrogens is 242 g/mol. The van der Waals surface area contributed by atoms with Crippen LogP contribution in [0, 0.1) is 6.92 Å². The van der Waals surface area contributed by atoms with E-state index < -0.39 is 0 Å². The standard InChI is InChI=1S/C14H17N3O2/c1-4-16(3)13(18)9-17-14(19)12-8-6-5-7-11(12)10(2)15-17/h5-8H,4,9H2,1-3H3. The summed E-state index contributed by atoms with van der Waals surface area (Å²) < 4.78 is 1.24. The van der Waals surface area contributed by atoms with Crippen molar-refractivity contribution in [1.29, 1.82) is 0 Å². The highest BCUT2D eigenvalue weighted by molar-refractivity contribution is 5.83. The fourth-order valence-corrected chi connectivity index (χ4v) is 1.94. The lowest BCUT2D eigenvalue weighted by Crippen LogP contribution is -2.35. The summed E-state index contributed by atoms with van der Waals surface area (Å²) in [6, 6.07) is 7.31. The van der Waals surface area contributed by atoms with Gasteiger partial charge in [-0.25, -0.2) is 4.68 Å². The lowest BCUT2D eigenvalue weighted by molar-refractivity contribution is -0.130. The van der Waals surface area contributed by atoms with E-state index in [-0.39, 0.29) is 18.0 Å². The van der Waals surface area contributed by atoms with Gasteiger partial charge < -0.3 is 4.90 Å². The van der Waals surface area contributed by atoms with Crippen LogP contribution in [0.5, 0.6) is 0 Å². The molecule has 1 aromatic heterocycles. The molecule has 0 unspecified atom stereocenters. The van der Waals surface area contributed by atoms with Gasteiger partial charge in [0.05, 0.1) is 11.1 Å². The molecule has 100 valence electrons. The molecule has 0 saturated carbocycles. The van der Waals surface area contributed by atoms with Crippen LogP contribution in [0.2, 0.25) is 0 Å². The number of fused-ring (bicyclic) bond motifs is 1. The molecule has 0 aliphatic carbocycles. The Morgan fingerprint density at radius 3 is 2.58 bits per heavy atom. The zero-order valence-corrected chi connectivity index (χ0v) is 11.4. The second kappa shape index (κ2) is 5.22. The zero-order valence-electron chi connectivity index (χ0n) is 11.4. The van der Waals surface area contributed by atoms with Crippen LogP contribution in [0.25, 0.3) is 10.8 Å². The van der Waals surface area contributed by atoms with Crippen molar-refractivity contribution in [3.05, 3.63) is 40.3 Å². The van der Waals surface area contributed by atoms with Gasteiger partial charge in [0.15, 0.2) is 0 Å². The Labute approximate surface area is 111 Å². The molecule has 0 radical (unpaired) electrons. The van der Waals surface area contributed by atoms with Crippen LogP contribution in [0.4, 0.5) is 0 Å². The third-order valence-corrected chi connectivity index (χ3v) is 3.24. The zero-order chi connectivity index (χ0) is 14.0. The normalized spacial score (nSPS) is 10.7. The molecule has 0 spiro atoms. The van der Waals surface area contributed by atoms with E-state index in [1.807, 2.05) is 32.0 Å². The van der Waals surface area contributed by atoms with E-state index in [2.05, 4.69) is 5.10 Å². The first-order valence-electron chi connectivity index (χ1n) is 6.25. The van der Waals surface area contributed by atoms with E-state index in [1.165, 1.54) is 4.68 Å². The predicted molar refractivity (Wildman–Crippen MR) is 74.1 cm³/mol. The van der Waals surface area contributed by atoms with E-state index >= 15 is 0 Å². The van der Waals surface area contributed by atoms with Gasteiger partial charge in [-0.15, -0.1) is 0 Å². The van der Waals surface area contributed by atoms with Crippen molar-refractivity contribution in [1.82, 2.24) is 14.7 Å². The molecule has 2 aromatic rings. The van der Waals surface area contributed by atoms with E-state index in [0.29, 0.717) is 11.9 Å². The molecule has 2 rings (SSSR count). The molecule has 0 fully saturated rings. The van der Waals surface area contributed by atoms with Crippen LogP contribution in [0.1, 0.15) is 12.6 Å². The smallest absolute Gasteiger partial charge is 0.275 e. The Morgan fingerprint density at radius 2 is 1.95 bits per heavy atom. The van der Waals surface area contributed by atoms with Crippen LogP contribution < -0.4 is 5.56 Å². The fourth-order valence-electron chi connectivity index (χ4n) is 1.94. The van der Waals surface area contributed by atoms with Gasteiger partial charge in [-0.1, -0.05) is 18.2 Å². The van der Waals surface area contributed by atoms with Gasteiger partial charge in [0, 0.05) is 19.0 Å². The highest BCUT2D eigenvalue weighted by atomic mass is 16.2. The molecule has 1 heterocycles. The van der Waals surface area contributed by atoms with E-state index in [9.17, 15) is 9.59 Å². The van der Waals surface area contributed by atoms with Crippen LogP contribution >= 0.6 is 0 Å². The first-order valence-corrected chi connectivity index (χ1v) is 6.25. The molecule has 0 aliphatic rings. The van der Waals surface area contributed by atoms with Crippen molar-refractivity contribution in [2.75, 3.05) is 13.6 Å². The summed E-state index contributed by atoms with van der Waals surface area (Å²) in [7, 11) is 1.71. The largest absolute Gasteiger partial charge is 0.344 e. The average Bonchev–Trinajstić information content (AvgIpc) is 2.43. The number of amides is 1. The van der Waals surface area contributed by atoms with Crippen molar-refractivity contribution >= 4 is 16.7 Å². The number of carbonyl (C=O) groups is 1. The predicted octanol–water partition coefficient (Wildman–Crippen LogP) is 1.18. The molecule has 19 heavy (non-hydrogen) atoms. The third kappa shape index (κ3) is 2.50. The number of carbonyl (C=O) groups excluding carboxylic acids is 1. The van der Waals surface area contributed by atoms with Gasteiger partial charge in [-0.05, 0) is 19.9 Å². The summed E-state index contributed by atoms with van der Waals surface area (Å²) in [5, 5.41) is 5.65. The summed E-state index contributed by atoms with van der Waals surface area (Å²) in [6.45, 7) is 4.32. The van der Waals surface area contributed by atoms with Crippen molar-refractivity contribution in [2.24, 2.45) is 0 Å². The quantitative estimate of drug-likeness (QED) is 0.831. The van der Waals surface area contributed by atoms with E-state index in [0.717, 1.165) is 11.1 Å². The molecule has 1 amide bonds. The number of aromatic nitrogens is 2. The number of nitrogens with zero attached hydrogens (tertiary/aromatic N) is 3. The Balaban J connectivity index is 2.48. The van der Waals surface area contributed by atoms with Gasteiger partial charge in [0.2, 0.25) is 5.91 Å². The van der Waals surface area contributed by atoms with Crippen LogP contribution in [0.15, 0.2) is 29.1 Å². The van der Waals surface area contributed by atoms with Gasteiger partial charge in [-0.2, -0.15) is 5.10 Å². The molecule has 5 nitrogen and oxygen atoms in total. The van der Waals surface area contributed by atoms with Gasteiger partial charge in [0.1, 0.15) is 6.54 Å². The van der Waals surface area contributed by atoms with E-state index in [4.69, 9.17) is 0 Å². The summed E-state index contributed by atoms with van der Waals surface area (Å²) in [5.74, 6) is -0.119. The summed E-state index contributed by atoms with van der Waals surface area (Å²) >= 11 is 0. The minimum atomic E-state index is -0.223. The van der Waals surface area contributed by atoms with Gasteiger partial charge in [0.25, 0.3) is 5.56 Å². The third-order valence-electron chi connectivity index (χ3n) is 3.24. The number of rotatable bonds is 3. The molecule has 5 heteroatoms. The topological polar surface area (TPSA) is 55.2 Å². The molecule has 0 saturated heterocycles. The molecule has 0 aliphatic heterocycles. The van der Waals surface area contributed by atoms with E-state index in [1.54, 1.807) is 18.0 Å². The molecular formula is C14H17N3O2. The molecule has 1 aromatic carbocycles. The number of hydrogen-bond donors (Lipinski definition) is 0. The summed E-state index contributed by atoms with van der Waals surface area (Å²) in [5.41, 5.74) is 0.529. The van der Waals surface area contributed by atoms with Crippen molar-refractivity contribution < 1.29 is 4.79 Å². The van der Waals surface area contributed by atoms with Gasteiger partial charge in [-0.3, -0.25) is 9.59 Å². The van der Waals surface area contributed by atoms with Gasteiger partial charge >= 0.3 is 0 Å². The molecule has 0 N–H and O–H groups in total. The van der Waals surface area contributed by atoms with Crippen LogP contribution in [-0.2, 0) is 11.3 Å². The lowest BCUT2D eigenvalue weighted by Gasteiger charge is -2.15. The van der Waals surface area contributed by atoms with Crippen molar-refractivity contribution in [3.63, 3.8) is 0 Å². The maximum atomic E-state index is 12.3. The minimum Gasteiger partial charge on any atom is -0.344 e. The molecule has 0 bridgehead atoms. The maximum absolute atomic E-state index is 12.3. The average molecular weight is 259 g/mol. The lowest BCUT2D eigenvalue weighted by atomic mass is 10.1. The fraction of sp³-hybridized carbons (Fsp3) is 0.357. The minimum absolute atomic E-state index is 0.0190. The summed E-state index contributed by atoms with van der Waals surface area (Å²) in [4.78, 5) is 25.7. The molecule has 0 atom stereocenters. The Morgan fingerprint density at radius 1 is 1.32 bits per heavy atom. The number of likely N-dealkylation sites (N-methyl/N-ethyl adjacent to an activating group) is 1. The maximum Gasteiger partial charge on any atom is 0.275 e. The first-order chi connectivity index (χ1) is 9.04. The van der Waals surface area contributed by atoms with Crippen LogP contribution in [-0.4, -0.2) is 34.2 Å². The second-order valence-corrected chi connectivity index (χ2v) is 4.50. The second-order valence-electron chi connectivity index (χ2n) is 4.50. The number of hydrogen-bond acceptors (Lipinski definition) is 3. The Kier molecular flexibility index (Phi) is 3.64. The Bertz CT molecular complexity index is 676. The van der Waals surface area contributed by atoms with Crippen LogP contribution in [0.3, 0.4) is 0 Å². The number of aryl methyl sites for hydroxylation is 1. The van der Waals surface area contributed by atoms with Crippen molar-refractivity contribution in [3.8, 4) is 0 Å².